The van der Waals surface area contributed by atoms with Gasteiger partial charge < -0.3 is 4.90 Å². The number of carbonyl (C=O) groups excluding carboxylic acids is 2. The Morgan fingerprint density at radius 3 is 2.95 bits per heavy atom. The molecule has 0 N–H and O–H groups in total. The van der Waals surface area contributed by atoms with Gasteiger partial charge in [0.1, 0.15) is 5.78 Å². The summed E-state index contributed by atoms with van der Waals surface area (Å²) in [5.74, 6) is 0.232. The lowest BCUT2D eigenvalue weighted by molar-refractivity contribution is -0.117. The van der Waals surface area contributed by atoms with E-state index in [1.807, 2.05) is 34.5 Å². The van der Waals surface area contributed by atoms with Crippen molar-refractivity contribution in [2.24, 2.45) is 0 Å². The van der Waals surface area contributed by atoms with Gasteiger partial charge in [-0.15, -0.1) is 11.3 Å². The van der Waals surface area contributed by atoms with E-state index >= 15 is 0 Å². The fourth-order valence-corrected chi connectivity index (χ4v) is 3.88. The molecule has 3 rings (SSSR count). The van der Waals surface area contributed by atoms with Gasteiger partial charge in [-0.05, 0) is 25.8 Å². The largest absolute Gasteiger partial charge is 0.335 e. The number of hydrogen-bond donors (Lipinski definition) is 0. The zero-order valence-electron chi connectivity index (χ0n) is 11.5. The molecule has 1 aromatic heterocycles. The number of ketones is 1. The van der Waals surface area contributed by atoms with Crippen LogP contribution in [0.1, 0.15) is 36.5 Å². The Hall–Kier alpha value is -1.68. The van der Waals surface area contributed by atoms with Crippen molar-refractivity contribution >= 4 is 33.1 Å². The van der Waals surface area contributed by atoms with E-state index in [0.29, 0.717) is 6.42 Å². The maximum Gasteiger partial charge on any atom is 0.255 e. The van der Waals surface area contributed by atoms with E-state index in [0.717, 1.165) is 35.0 Å². The fourth-order valence-electron chi connectivity index (χ4n) is 2.95. The number of thiophene rings is 1. The van der Waals surface area contributed by atoms with Crippen molar-refractivity contribution in [2.75, 3.05) is 6.54 Å². The standard InChI is InChI=1S/C16H17NO2S/c1-11(18)9-12-5-4-8-17(12)16(19)14-10-20-15-7-3-2-6-13(14)15/h2-3,6-7,10,12H,4-5,8-9H2,1H3. The summed E-state index contributed by atoms with van der Waals surface area (Å²) < 4.78 is 1.14. The summed E-state index contributed by atoms with van der Waals surface area (Å²) in [5, 5.41) is 2.96. The zero-order chi connectivity index (χ0) is 14.1. The van der Waals surface area contributed by atoms with Crippen LogP contribution in [-0.2, 0) is 4.79 Å². The van der Waals surface area contributed by atoms with E-state index in [1.165, 1.54) is 0 Å². The first kappa shape index (κ1) is 13.3. The second-order valence-corrected chi connectivity index (χ2v) is 6.26. The second kappa shape index (κ2) is 5.37. The molecular weight excluding hydrogens is 270 g/mol. The molecule has 1 atom stereocenters. The van der Waals surface area contributed by atoms with Gasteiger partial charge in [-0.25, -0.2) is 0 Å². The van der Waals surface area contributed by atoms with E-state index in [2.05, 4.69) is 0 Å². The highest BCUT2D eigenvalue weighted by atomic mass is 32.1. The molecule has 1 aliphatic heterocycles. The highest BCUT2D eigenvalue weighted by Crippen LogP contribution is 2.29. The average Bonchev–Trinajstić information content (AvgIpc) is 3.03. The minimum absolute atomic E-state index is 0.0752. The molecule has 2 aromatic rings. The smallest absolute Gasteiger partial charge is 0.255 e. The highest BCUT2D eigenvalue weighted by Gasteiger charge is 2.31. The van der Waals surface area contributed by atoms with Gasteiger partial charge in [0.05, 0.1) is 5.56 Å². The van der Waals surface area contributed by atoms with Gasteiger partial charge in [0, 0.05) is 34.5 Å². The lowest BCUT2D eigenvalue weighted by Gasteiger charge is -2.23. The normalized spacial score (nSPS) is 18.6. The molecule has 1 amide bonds. The number of Topliss-reactive ketones (excluding diaryl/α,β-unsaturated/α-hetero) is 1. The molecule has 1 saturated heterocycles. The molecule has 3 nitrogen and oxygen atoms in total. The zero-order valence-corrected chi connectivity index (χ0v) is 12.3. The van der Waals surface area contributed by atoms with Crippen molar-refractivity contribution in [2.45, 2.75) is 32.2 Å². The van der Waals surface area contributed by atoms with Gasteiger partial charge in [-0.3, -0.25) is 9.59 Å². The second-order valence-electron chi connectivity index (χ2n) is 5.35. The van der Waals surface area contributed by atoms with Crippen LogP contribution in [0.2, 0.25) is 0 Å². The van der Waals surface area contributed by atoms with Gasteiger partial charge in [-0.1, -0.05) is 18.2 Å². The highest BCUT2D eigenvalue weighted by molar-refractivity contribution is 7.17. The van der Waals surface area contributed by atoms with Crippen LogP contribution in [0.25, 0.3) is 10.1 Å². The Morgan fingerprint density at radius 1 is 1.35 bits per heavy atom. The molecule has 1 aromatic carbocycles. The molecule has 4 heteroatoms. The molecule has 0 saturated carbocycles. The van der Waals surface area contributed by atoms with Crippen molar-refractivity contribution in [3.05, 3.63) is 35.2 Å². The number of fused-ring (bicyclic) bond motifs is 1. The van der Waals surface area contributed by atoms with Gasteiger partial charge in [0.15, 0.2) is 0 Å². The molecule has 0 aliphatic carbocycles. The maximum atomic E-state index is 12.7. The SMILES string of the molecule is CC(=O)CC1CCCN1C(=O)c1csc2ccccc12. The van der Waals surface area contributed by atoms with Crippen LogP contribution >= 0.6 is 11.3 Å². The lowest BCUT2D eigenvalue weighted by Crippen LogP contribution is -2.36. The summed E-state index contributed by atoms with van der Waals surface area (Å²) in [6.07, 6.45) is 2.41. The van der Waals surface area contributed by atoms with Crippen LogP contribution < -0.4 is 0 Å². The molecule has 1 aliphatic rings. The molecule has 104 valence electrons. The van der Waals surface area contributed by atoms with E-state index in [1.54, 1.807) is 18.3 Å². The third-order valence-corrected chi connectivity index (χ3v) is 4.84. The Balaban J connectivity index is 1.90. The van der Waals surface area contributed by atoms with Crippen LogP contribution in [0.5, 0.6) is 0 Å². The Labute approximate surface area is 122 Å². The fraction of sp³-hybridized carbons (Fsp3) is 0.375. The quantitative estimate of drug-likeness (QED) is 0.866. The number of rotatable bonds is 3. The average molecular weight is 287 g/mol. The van der Waals surface area contributed by atoms with Crippen molar-refractivity contribution in [3.63, 3.8) is 0 Å². The number of hydrogen-bond acceptors (Lipinski definition) is 3. The Kier molecular flexibility index (Phi) is 3.57. The predicted octanol–water partition coefficient (Wildman–Crippen LogP) is 3.49. The first-order valence-corrected chi connectivity index (χ1v) is 7.81. The van der Waals surface area contributed by atoms with Crippen LogP contribution in [0.3, 0.4) is 0 Å². The summed E-state index contributed by atoms with van der Waals surface area (Å²) in [6, 6.07) is 8.06. The molecule has 20 heavy (non-hydrogen) atoms. The van der Waals surface area contributed by atoms with Crippen LogP contribution in [0.15, 0.2) is 29.6 Å². The number of benzene rings is 1. The van der Waals surface area contributed by atoms with Gasteiger partial charge >= 0.3 is 0 Å². The summed E-state index contributed by atoms with van der Waals surface area (Å²) in [5.41, 5.74) is 0.779. The summed E-state index contributed by atoms with van der Waals surface area (Å²) in [7, 11) is 0. The van der Waals surface area contributed by atoms with Crippen LogP contribution in [0.4, 0.5) is 0 Å². The number of carbonyl (C=O) groups is 2. The van der Waals surface area contributed by atoms with Crippen molar-refractivity contribution in [1.82, 2.24) is 4.90 Å². The van der Waals surface area contributed by atoms with Crippen LogP contribution in [-0.4, -0.2) is 29.2 Å². The molecule has 1 fully saturated rings. The van der Waals surface area contributed by atoms with Gasteiger partial charge in [0.2, 0.25) is 0 Å². The number of nitrogens with zero attached hydrogens (tertiary/aromatic N) is 1. The van der Waals surface area contributed by atoms with E-state index in [-0.39, 0.29) is 17.7 Å². The van der Waals surface area contributed by atoms with Crippen LogP contribution in [0, 0.1) is 0 Å². The lowest BCUT2D eigenvalue weighted by atomic mass is 10.1. The van der Waals surface area contributed by atoms with Crippen molar-refractivity contribution in [3.8, 4) is 0 Å². The Bertz CT molecular complexity index is 661. The monoisotopic (exact) mass is 287 g/mol. The van der Waals surface area contributed by atoms with E-state index in [4.69, 9.17) is 0 Å². The van der Waals surface area contributed by atoms with Crippen molar-refractivity contribution in [1.29, 1.82) is 0 Å². The van der Waals surface area contributed by atoms with Gasteiger partial charge in [-0.2, -0.15) is 0 Å². The topological polar surface area (TPSA) is 37.4 Å². The first-order chi connectivity index (χ1) is 9.66. The summed E-state index contributed by atoms with van der Waals surface area (Å²) in [4.78, 5) is 26.0. The van der Waals surface area contributed by atoms with E-state index in [9.17, 15) is 9.59 Å². The first-order valence-electron chi connectivity index (χ1n) is 6.93. The minimum Gasteiger partial charge on any atom is -0.335 e. The third-order valence-electron chi connectivity index (χ3n) is 3.87. The summed E-state index contributed by atoms with van der Waals surface area (Å²) >= 11 is 1.60. The minimum atomic E-state index is 0.0752. The van der Waals surface area contributed by atoms with Crippen molar-refractivity contribution < 1.29 is 9.59 Å². The predicted molar refractivity (Wildman–Crippen MR) is 81.2 cm³/mol. The molecule has 2 heterocycles. The molecular formula is C16H17NO2S. The van der Waals surface area contributed by atoms with E-state index < -0.39 is 0 Å². The molecule has 1 unspecified atom stereocenters. The summed E-state index contributed by atoms with van der Waals surface area (Å²) in [6.45, 7) is 2.36. The molecule has 0 radical (unpaired) electrons. The maximum absolute atomic E-state index is 12.7. The Morgan fingerprint density at radius 2 is 2.15 bits per heavy atom. The third kappa shape index (κ3) is 2.36. The number of amides is 1. The van der Waals surface area contributed by atoms with Gasteiger partial charge in [0.25, 0.3) is 5.91 Å². The molecule has 0 bridgehead atoms. The number of likely N-dealkylation sites (tertiary alicyclic amines) is 1. The molecule has 0 spiro atoms.